The summed E-state index contributed by atoms with van der Waals surface area (Å²) < 4.78 is 0. The fourth-order valence-electron chi connectivity index (χ4n) is 3.09. The Hall–Kier alpha value is -0.610. The van der Waals surface area contributed by atoms with Crippen LogP contribution in [0, 0.1) is 17.3 Å². The number of carbonyl (C=O) groups is 1. The Balaban J connectivity index is 2.11. The fraction of sp³-hybridized carbons (Fsp3) is 0.923. The lowest BCUT2D eigenvalue weighted by molar-refractivity contribution is -0.181. The molecule has 0 aromatic heterocycles. The van der Waals surface area contributed by atoms with Crippen molar-refractivity contribution >= 4 is 5.91 Å². The van der Waals surface area contributed by atoms with E-state index in [1.165, 1.54) is 0 Å². The Morgan fingerprint density at radius 3 is 2.71 bits per heavy atom. The van der Waals surface area contributed by atoms with Crippen molar-refractivity contribution < 1.29 is 9.63 Å². The Kier molecular flexibility index (Phi) is 3.46. The van der Waals surface area contributed by atoms with E-state index in [2.05, 4.69) is 20.8 Å². The van der Waals surface area contributed by atoms with Gasteiger partial charge in [0.25, 0.3) is 0 Å². The second-order valence-electron chi connectivity index (χ2n) is 6.03. The molecule has 3 atom stereocenters. The fourth-order valence-corrected chi connectivity index (χ4v) is 3.09. The van der Waals surface area contributed by atoms with Crippen LogP contribution >= 0.6 is 0 Å². The maximum atomic E-state index is 12.4. The quantitative estimate of drug-likeness (QED) is 0.756. The third kappa shape index (κ3) is 2.20. The second kappa shape index (κ2) is 4.58. The van der Waals surface area contributed by atoms with Crippen molar-refractivity contribution in [2.75, 3.05) is 13.2 Å². The lowest BCUT2D eigenvalue weighted by atomic mass is 9.61. The maximum absolute atomic E-state index is 12.4. The predicted octanol–water partition coefficient (Wildman–Crippen LogP) is 1.55. The molecule has 1 aliphatic carbocycles. The van der Waals surface area contributed by atoms with Crippen LogP contribution in [-0.4, -0.2) is 30.2 Å². The van der Waals surface area contributed by atoms with E-state index < -0.39 is 0 Å². The highest BCUT2D eigenvalue weighted by molar-refractivity contribution is 5.79. The van der Waals surface area contributed by atoms with Crippen LogP contribution in [0.2, 0.25) is 0 Å². The van der Waals surface area contributed by atoms with Crippen molar-refractivity contribution in [2.45, 2.75) is 46.1 Å². The molecular weight excluding hydrogens is 216 g/mol. The first-order valence-corrected chi connectivity index (χ1v) is 6.64. The minimum atomic E-state index is -0.0410. The zero-order valence-corrected chi connectivity index (χ0v) is 11.1. The molecule has 1 saturated heterocycles. The van der Waals surface area contributed by atoms with Gasteiger partial charge >= 0.3 is 0 Å². The summed E-state index contributed by atoms with van der Waals surface area (Å²) in [5.74, 6) is 0.578. The monoisotopic (exact) mass is 240 g/mol. The van der Waals surface area contributed by atoms with Gasteiger partial charge in [0.2, 0.25) is 5.91 Å². The molecule has 3 unspecified atom stereocenters. The minimum Gasteiger partial charge on any atom is -0.327 e. The molecule has 0 aromatic carbocycles. The van der Waals surface area contributed by atoms with Gasteiger partial charge < -0.3 is 5.73 Å². The summed E-state index contributed by atoms with van der Waals surface area (Å²) in [5.41, 5.74) is 6.07. The molecule has 0 spiro atoms. The summed E-state index contributed by atoms with van der Waals surface area (Å²) in [5, 5.41) is 1.57. The number of hydrogen-bond donors (Lipinski definition) is 1. The molecule has 2 fully saturated rings. The first-order chi connectivity index (χ1) is 7.94. The van der Waals surface area contributed by atoms with Crippen LogP contribution in [0.25, 0.3) is 0 Å². The molecule has 17 heavy (non-hydrogen) atoms. The average Bonchev–Trinajstić information content (AvgIpc) is 2.79. The van der Waals surface area contributed by atoms with Gasteiger partial charge in [0.1, 0.15) is 0 Å². The molecule has 0 radical (unpaired) electrons. The molecule has 4 nitrogen and oxygen atoms in total. The van der Waals surface area contributed by atoms with E-state index in [4.69, 9.17) is 10.6 Å². The first-order valence-electron chi connectivity index (χ1n) is 6.64. The molecule has 1 aliphatic heterocycles. The van der Waals surface area contributed by atoms with Gasteiger partial charge in [0.05, 0.1) is 13.2 Å². The summed E-state index contributed by atoms with van der Waals surface area (Å²) in [4.78, 5) is 17.8. The molecule has 2 aliphatic rings. The van der Waals surface area contributed by atoms with Crippen LogP contribution in [0.1, 0.15) is 40.0 Å². The summed E-state index contributed by atoms with van der Waals surface area (Å²) in [6, 6.07) is 0.216. The second-order valence-corrected chi connectivity index (χ2v) is 6.03. The highest BCUT2D eigenvalue weighted by Crippen LogP contribution is 2.45. The topological polar surface area (TPSA) is 55.6 Å². The van der Waals surface area contributed by atoms with E-state index in [0.717, 1.165) is 25.8 Å². The molecule has 98 valence electrons. The predicted molar refractivity (Wildman–Crippen MR) is 65.9 cm³/mol. The van der Waals surface area contributed by atoms with Crippen LogP contribution in [-0.2, 0) is 9.63 Å². The average molecular weight is 240 g/mol. The molecule has 4 heteroatoms. The highest BCUT2D eigenvalue weighted by Gasteiger charge is 2.46. The van der Waals surface area contributed by atoms with Gasteiger partial charge in [0, 0.05) is 12.0 Å². The van der Waals surface area contributed by atoms with E-state index in [0.29, 0.717) is 12.5 Å². The van der Waals surface area contributed by atoms with E-state index in [1.807, 2.05) is 0 Å². The number of nitrogens with two attached hydrogens (primary N) is 1. The normalized spacial score (nSPS) is 37.2. The lowest BCUT2D eigenvalue weighted by Gasteiger charge is -2.46. The zero-order chi connectivity index (χ0) is 12.6. The molecule has 1 saturated carbocycles. The molecule has 0 bridgehead atoms. The number of amides is 1. The minimum absolute atomic E-state index is 0.0410. The van der Waals surface area contributed by atoms with Crippen molar-refractivity contribution in [3.8, 4) is 0 Å². The van der Waals surface area contributed by atoms with Crippen molar-refractivity contribution in [3.63, 3.8) is 0 Å². The lowest BCUT2D eigenvalue weighted by Crippen LogP contribution is -2.51. The van der Waals surface area contributed by atoms with Crippen LogP contribution < -0.4 is 5.73 Å². The number of hydroxylamine groups is 2. The van der Waals surface area contributed by atoms with Gasteiger partial charge in [-0.1, -0.05) is 20.8 Å². The van der Waals surface area contributed by atoms with Gasteiger partial charge in [-0.15, -0.1) is 0 Å². The SMILES string of the molecule is CC1C(N)CCC(C(=O)N2CCCO2)C1(C)C. The molecule has 1 heterocycles. The van der Waals surface area contributed by atoms with Gasteiger partial charge in [0.15, 0.2) is 0 Å². The van der Waals surface area contributed by atoms with Gasteiger partial charge in [-0.25, -0.2) is 5.06 Å². The Morgan fingerprint density at radius 2 is 2.12 bits per heavy atom. The number of nitrogens with zero attached hydrogens (tertiary/aromatic N) is 1. The first kappa shape index (κ1) is 12.8. The van der Waals surface area contributed by atoms with E-state index in [1.54, 1.807) is 5.06 Å². The van der Waals surface area contributed by atoms with Crippen molar-refractivity contribution in [1.82, 2.24) is 5.06 Å². The van der Waals surface area contributed by atoms with Crippen molar-refractivity contribution in [3.05, 3.63) is 0 Å². The van der Waals surface area contributed by atoms with E-state index in [9.17, 15) is 4.79 Å². The summed E-state index contributed by atoms with van der Waals surface area (Å²) >= 11 is 0. The highest BCUT2D eigenvalue weighted by atomic mass is 16.7. The number of carbonyl (C=O) groups excluding carboxylic acids is 1. The van der Waals surface area contributed by atoms with E-state index in [-0.39, 0.29) is 23.3 Å². The van der Waals surface area contributed by atoms with Crippen LogP contribution in [0.5, 0.6) is 0 Å². The molecule has 2 N–H and O–H groups in total. The van der Waals surface area contributed by atoms with Crippen LogP contribution in [0.3, 0.4) is 0 Å². The summed E-state index contributed by atoms with van der Waals surface area (Å²) in [6.07, 6.45) is 2.78. The Morgan fingerprint density at radius 1 is 1.41 bits per heavy atom. The smallest absolute Gasteiger partial charge is 0.249 e. The van der Waals surface area contributed by atoms with Crippen molar-refractivity contribution in [1.29, 1.82) is 0 Å². The third-order valence-corrected chi connectivity index (χ3v) is 4.80. The Labute approximate surface area is 103 Å². The molecule has 0 aromatic rings. The standard InChI is InChI=1S/C13H24N2O2/c1-9-11(14)6-5-10(13(9,2)3)12(16)15-7-4-8-17-15/h9-11H,4-8,14H2,1-3H3. The van der Waals surface area contributed by atoms with Crippen molar-refractivity contribution in [2.24, 2.45) is 23.0 Å². The largest absolute Gasteiger partial charge is 0.327 e. The van der Waals surface area contributed by atoms with E-state index >= 15 is 0 Å². The molecule has 2 rings (SSSR count). The Bertz CT molecular complexity index is 298. The third-order valence-electron chi connectivity index (χ3n) is 4.80. The maximum Gasteiger partial charge on any atom is 0.249 e. The molecular formula is C13H24N2O2. The van der Waals surface area contributed by atoms with Gasteiger partial charge in [-0.05, 0) is 30.6 Å². The zero-order valence-electron chi connectivity index (χ0n) is 11.1. The van der Waals surface area contributed by atoms with Gasteiger partial charge in [-0.3, -0.25) is 9.63 Å². The number of hydrogen-bond acceptors (Lipinski definition) is 3. The van der Waals surface area contributed by atoms with Crippen LogP contribution in [0.4, 0.5) is 0 Å². The number of rotatable bonds is 1. The van der Waals surface area contributed by atoms with Gasteiger partial charge in [-0.2, -0.15) is 0 Å². The summed E-state index contributed by atoms with van der Waals surface area (Å²) in [7, 11) is 0. The summed E-state index contributed by atoms with van der Waals surface area (Å²) in [6.45, 7) is 7.90. The van der Waals surface area contributed by atoms with Crippen LogP contribution in [0.15, 0.2) is 0 Å². The molecule has 1 amide bonds.